The van der Waals surface area contributed by atoms with Crippen LogP contribution in [0.3, 0.4) is 0 Å². The molecular formula is C20H27IN4O3. The lowest BCUT2D eigenvalue weighted by Gasteiger charge is -2.13. The molecule has 28 heavy (non-hydrogen) atoms. The number of hydrogen-bond donors (Lipinski definition) is 3. The number of guanidine groups is 1. The minimum Gasteiger partial charge on any atom is -0.497 e. The highest BCUT2D eigenvalue weighted by molar-refractivity contribution is 14.0. The van der Waals surface area contributed by atoms with Gasteiger partial charge in [0.25, 0.3) is 0 Å². The Hall–Kier alpha value is -2.49. The van der Waals surface area contributed by atoms with Crippen molar-refractivity contribution in [3.05, 3.63) is 60.2 Å². The standard InChI is InChI=1S/C20H26N4O3.HI/c1-21-20(22-12-13-27-18-10-8-17(26-2)9-11-18)24-15-19(25)23-14-16-6-4-3-5-7-16;/h3-11H,12-15H2,1-2H3,(H,23,25)(H2,21,22,24);1H. The number of rotatable bonds is 9. The molecule has 3 N–H and O–H groups in total. The number of ether oxygens (including phenoxy) is 2. The molecule has 0 aliphatic heterocycles. The van der Waals surface area contributed by atoms with Gasteiger partial charge in [0.05, 0.1) is 20.2 Å². The van der Waals surface area contributed by atoms with E-state index in [2.05, 4.69) is 20.9 Å². The second kappa shape index (κ2) is 13.6. The van der Waals surface area contributed by atoms with Crippen LogP contribution in [0.5, 0.6) is 11.5 Å². The van der Waals surface area contributed by atoms with Gasteiger partial charge in [0, 0.05) is 13.6 Å². The lowest BCUT2D eigenvalue weighted by atomic mass is 10.2. The molecule has 0 aromatic heterocycles. The first kappa shape index (κ1) is 23.5. The van der Waals surface area contributed by atoms with Gasteiger partial charge in [-0.3, -0.25) is 9.79 Å². The number of methoxy groups -OCH3 is 1. The third-order valence-electron chi connectivity index (χ3n) is 3.70. The monoisotopic (exact) mass is 498 g/mol. The molecule has 0 aliphatic rings. The SMILES string of the molecule is CN=C(NCCOc1ccc(OC)cc1)NCC(=O)NCc1ccccc1.I. The summed E-state index contributed by atoms with van der Waals surface area (Å²) in [5.41, 5.74) is 1.06. The van der Waals surface area contributed by atoms with E-state index in [9.17, 15) is 4.79 Å². The van der Waals surface area contributed by atoms with Gasteiger partial charge in [0.2, 0.25) is 5.91 Å². The summed E-state index contributed by atoms with van der Waals surface area (Å²) in [5, 5.41) is 8.93. The van der Waals surface area contributed by atoms with Crippen molar-refractivity contribution in [2.45, 2.75) is 6.54 Å². The smallest absolute Gasteiger partial charge is 0.239 e. The van der Waals surface area contributed by atoms with E-state index in [1.165, 1.54) is 0 Å². The zero-order chi connectivity index (χ0) is 19.3. The van der Waals surface area contributed by atoms with Crippen LogP contribution in [0.25, 0.3) is 0 Å². The second-order valence-electron chi connectivity index (χ2n) is 5.64. The zero-order valence-corrected chi connectivity index (χ0v) is 18.4. The van der Waals surface area contributed by atoms with Gasteiger partial charge >= 0.3 is 0 Å². The molecule has 2 aromatic carbocycles. The molecule has 0 bridgehead atoms. The van der Waals surface area contributed by atoms with E-state index in [0.717, 1.165) is 17.1 Å². The molecule has 0 heterocycles. The van der Waals surface area contributed by atoms with Crippen molar-refractivity contribution < 1.29 is 14.3 Å². The van der Waals surface area contributed by atoms with Crippen molar-refractivity contribution in [1.82, 2.24) is 16.0 Å². The number of carbonyl (C=O) groups is 1. The molecule has 0 spiro atoms. The molecule has 2 rings (SSSR count). The summed E-state index contributed by atoms with van der Waals surface area (Å²) < 4.78 is 10.7. The van der Waals surface area contributed by atoms with E-state index in [1.54, 1.807) is 14.2 Å². The fourth-order valence-electron chi connectivity index (χ4n) is 2.25. The highest BCUT2D eigenvalue weighted by atomic mass is 127. The first-order valence-electron chi connectivity index (χ1n) is 8.73. The Balaban J connectivity index is 0.00000392. The third kappa shape index (κ3) is 8.94. The van der Waals surface area contributed by atoms with Gasteiger partial charge in [-0.1, -0.05) is 30.3 Å². The summed E-state index contributed by atoms with van der Waals surface area (Å²) in [7, 11) is 3.28. The van der Waals surface area contributed by atoms with Gasteiger partial charge in [-0.25, -0.2) is 0 Å². The molecule has 0 saturated heterocycles. The average Bonchev–Trinajstić information content (AvgIpc) is 2.73. The van der Waals surface area contributed by atoms with E-state index in [-0.39, 0.29) is 36.4 Å². The number of carbonyl (C=O) groups excluding carboxylic acids is 1. The molecule has 0 unspecified atom stereocenters. The maximum absolute atomic E-state index is 11.9. The highest BCUT2D eigenvalue weighted by Crippen LogP contribution is 2.16. The molecule has 7 nitrogen and oxygen atoms in total. The van der Waals surface area contributed by atoms with E-state index in [0.29, 0.717) is 25.7 Å². The van der Waals surface area contributed by atoms with Crippen molar-refractivity contribution in [1.29, 1.82) is 0 Å². The molecule has 1 amide bonds. The quantitative estimate of drug-likeness (QED) is 0.214. The van der Waals surface area contributed by atoms with Crippen molar-refractivity contribution >= 4 is 35.8 Å². The molecule has 0 fully saturated rings. The number of hydrogen-bond acceptors (Lipinski definition) is 4. The van der Waals surface area contributed by atoms with Gasteiger partial charge in [0.15, 0.2) is 5.96 Å². The van der Waals surface area contributed by atoms with Crippen LogP contribution in [0.1, 0.15) is 5.56 Å². The van der Waals surface area contributed by atoms with E-state index in [4.69, 9.17) is 9.47 Å². The Bertz CT molecular complexity index is 724. The van der Waals surface area contributed by atoms with Crippen molar-refractivity contribution in [3.63, 3.8) is 0 Å². The molecule has 0 saturated carbocycles. The van der Waals surface area contributed by atoms with Gasteiger partial charge in [-0.2, -0.15) is 0 Å². The predicted molar refractivity (Wildman–Crippen MR) is 122 cm³/mol. The summed E-state index contributed by atoms with van der Waals surface area (Å²) in [6.07, 6.45) is 0. The minimum absolute atomic E-state index is 0. The van der Waals surface area contributed by atoms with Crippen LogP contribution < -0.4 is 25.4 Å². The largest absolute Gasteiger partial charge is 0.497 e. The van der Waals surface area contributed by atoms with Gasteiger partial charge in [-0.05, 0) is 29.8 Å². The first-order valence-corrected chi connectivity index (χ1v) is 8.73. The van der Waals surface area contributed by atoms with Crippen molar-refractivity contribution in [2.24, 2.45) is 4.99 Å². The fraction of sp³-hybridized carbons (Fsp3) is 0.300. The predicted octanol–water partition coefficient (Wildman–Crippen LogP) is 2.17. The van der Waals surface area contributed by atoms with Crippen LogP contribution in [0, 0.1) is 0 Å². The maximum atomic E-state index is 11.9. The van der Waals surface area contributed by atoms with Crippen LogP contribution in [0.4, 0.5) is 0 Å². The summed E-state index contributed by atoms with van der Waals surface area (Å²) in [4.78, 5) is 16.0. The van der Waals surface area contributed by atoms with Gasteiger partial charge in [-0.15, -0.1) is 24.0 Å². The zero-order valence-electron chi connectivity index (χ0n) is 16.1. The van der Waals surface area contributed by atoms with E-state index < -0.39 is 0 Å². The molecule has 0 radical (unpaired) electrons. The lowest BCUT2D eigenvalue weighted by molar-refractivity contribution is -0.120. The Morgan fingerprint density at radius 2 is 1.64 bits per heavy atom. The first-order chi connectivity index (χ1) is 13.2. The molecule has 152 valence electrons. The topological polar surface area (TPSA) is 84.0 Å². The molecule has 0 aliphatic carbocycles. The lowest BCUT2D eigenvalue weighted by Crippen LogP contribution is -2.44. The van der Waals surface area contributed by atoms with Crippen molar-refractivity contribution in [3.8, 4) is 11.5 Å². The van der Waals surface area contributed by atoms with Crippen LogP contribution in [0.2, 0.25) is 0 Å². The Kier molecular flexibility index (Phi) is 11.5. The number of aliphatic imine (C=N–C) groups is 1. The van der Waals surface area contributed by atoms with E-state index in [1.807, 2.05) is 54.6 Å². The Morgan fingerprint density at radius 1 is 0.964 bits per heavy atom. The third-order valence-corrected chi connectivity index (χ3v) is 3.70. The molecule has 0 atom stereocenters. The summed E-state index contributed by atoms with van der Waals surface area (Å²) in [6, 6.07) is 17.2. The molecule has 8 heteroatoms. The van der Waals surface area contributed by atoms with Crippen LogP contribution in [0.15, 0.2) is 59.6 Å². The van der Waals surface area contributed by atoms with Crippen molar-refractivity contribution in [2.75, 3.05) is 33.9 Å². The average molecular weight is 498 g/mol. The summed E-state index contributed by atoms with van der Waals surface area (Å²) in [5.74, 6) is 2.00. The van der Waals surface area contributed by atoms with Gasteiger partial charge < -0.3 is 25.4 Å². The van der Waals surface area contributed by atoms with Crippen LogP contribution >= 0.6 is 24.0 Å². The summed E-state index contributed by atoms with van der Waals surface area (Å²) >= 11 is 0. The fourth-order valence-corrected chi connectivity index (χ4v) is 2.25. The molecule has 2 aromatic rings. The number of amides is 1. The van der Waals surface area contributed by atoms with Crippen LogP contribution in [-0.2, 0) is 11.3 Å². The van der Waals surface area contributed by atoms with Crippen LogP contribution in [-0.4, -0.2) is 45.7 Å². The number of halogens is 1. The number of benzene rings is 2. The van der Waals surface area contributed by atoms with E-state index >= 15 is 0 Å². The second-order valence-corrected chi connectivity index (χ2v) is 5.64. The number of nitrogens with zero attached hydrogens (tertiary/aromatic N) is 1. The normalized spacial score (nSPS) is 10.4. The highest BCUT2D eigenvalue weighted by Gasteiger charge is 2.03. The summed E-state index contributed by atoms with van der Waals surface area (Å²) in [6.45, 7) is 1.67. The Morgan fingerprint density at radius 3 is 2.29 bits per heavy atom. The molecular weight excluding hydrogens is 471 g/mol. The minimum atomic E-state index is -0.101. The van der Waals surface area contributed by atoms with Gasteiger partial charge in [0.1, 0.15) is 18.1 Å². The Labute approximate surface area is 182 Å². The number of nitrogens with one attached hydrogen (secondary N) is 3. The maximum Gasteiger partial charge on any atom is 0.239 e.